The molecule has 0 bridgehead atoms. The van der Waals surface area contributed by atoms with Gasteiger partial charge in [-0.1, -0.05) is 54.1 Å². The van der Waals surface area contributed by atoms with Gasteiger partial charge in [0.05, 0.1) is 30.8 Å². The number of oxazole rings is 2. The molecule has 222 valence electrons. The summed E-state index contributed by atoms with van der Waals surface area (Å²) in [5, 5.41) is 21.5. The number of rotatable bonds is 2. The van der Waals surface area contributed by atoms with E-state index in [0.717, 1.165) is 23.3 Å². The van der Waals surface area contributed by atoms with E-state index < -0.39 is 11.7 Å². The van der Waals surface area contributed by atoms with E-state index in [2.05, 4.69) is 19.7 Å². The van der Waals surface area contributed by atoms with E-state index in [1.165, 1.54) is 12.1 Å². The standard InChI is InChI=1S/C36H15F3N6O2/c1-18-4-6-20(7-5-18)30-23-13-12-22-24(19-8-10-21(11-9-19)36(37,38)39)14-28-33(45-35(46-28)27(17-41)43-3)31(22)25(23)15-29-32(30)44-34(47-29)26(16-40)42-2/h4-15H,1H3/b34-26+,35-27+. The van der Waals surface area contributed by atoms with Gasteiger partial charge in [-0.15, -0.1) is 0 Å². The molecule has 7 aromatic rings. The first-order valence-electron chi connectivity index (χ1n) is 13.8. The number of aromatic nitrogens is 2. The van der Waals surface area contributed by atoms with Crippen LogP contribution in [-0.4, -0.2) is 9.97 Å². The molecule has 7 rings (SSSR count). The summed E-state index contributed by atoms with van der Waals surface area (Å²) in [5.74, 6) is 0. The Kier molecular flexibility index (Phi) is 6.49. The van der Waals surface area contributed by atoms with Gasteiger partial charge in [0.15, 0.2) is 11.2 Å². The van der Waals surface area contributed by atoms with Gasteiger partial charge in [0, 0.05) is 10.9 Å². The van der Waals surface area contributed by atoms with Gasteiger partial charge in [0.1, 0.15) is 11.0 Å². The normalized spacial score (nSPS) is 12.9. The van der Waals surface area contributed by atoms with Crippen molar-refractivity contribution in [3.63, 3.8) is 0 Å². The van der Waals surface area contributed by atoms with E-state index >= 15 is 0 Å². The zero-order valence-electron chi connectivity index (χ0n) is 24.1. The molecule has 0 fully saturated rings. The fraction of sp³-hybridized carbons (Fsp3) is 0.0556. The van der Waals surface area contributed by atoms with Crippen molar-refractivity contribution in [2.24, 2.45) is 0 Å². The fourth-order valence-corrected chi connectivity index (χ4v) is 5.69. The smallest absolute Gasteiger partial charge is 0.416 e. The van der Waals surface area contributed by atoms with Crippen molar-refractivity contribution in [3.05, 3.63) is 118 Å². The highest BCUT2D eigenvalue weighted by atomic mass is 19.4. The lowest BCUT2D eigenvalue weighted by Gasteiger charge is -2.14. The van der Waals surface area contributed by atoms with Crippen LogP contribution in [-0.2, 0) is 6.18 Å². The minimum atomic E-state index is -4.52. The maximum Gasteiger partial charge on any atom is 0.416 e. The molecular weight excluding hydrogens is 605 g/mol. The molecular formula is C36H15F3N6O2. The lowest BCUT2D eigenvalue weighted by atomic mass is 9.90. The molecule has 0 spiro atoms. The van der Waals surface area contributed by atoms with Crippen LogP contribution in [0.3, 0.4) is 0 Å². The largest absolute Gasteiger partial charge is 0.446 e. The average molecular weight is 621 g/mol. The maximum atomic E-state index is 13.4. The molecule has 0 aliphatic carbocycles. The first-order chi connectivity index (χ1) is 22.6. The third-order valence-corrected chi connectivity index (χ3v) is 7.84. The molecule has 0 saturated heterocycles. The molecule has 0 unspecified atom stereocenters. The Bertz CT molecular complexity index is 2730. The van der Waals surface area contributed by atoms with Crippen LogP contribution >= 0.6 is 0 Å². The van der Waals surface area contributed by atoms with Crippen molar-refractivity contribution in [1.82, 2.24) is 9.97 Å². The number of aryl methyl sites for hydroxylation is 1. The highest BCUT2D eigenvalue weighted by molar-refractivity contribution is 6.26. The lowest BCUT2D eigenvalue weighted by molar-refractivity contribution is -0.137. The topological polar surface area (TPSA) is 108 Å². The third kappa shape index (κ3) is 4.59. The number of fused-ring (bicyclic) bond motifs is 6. The van der Waals surface area contributed by atoms with Crippen LogP contribution in [0.1, 0.15) is 11.1 Å². The van der Waals surface area contributed by atoms with Gasteiger partial charge in [0.25, 0.3) is 0 Å². The van der Waals surface area contributed by atoms with Crippen LogP contribution in [0.25, 0.3) is 87.1 Å². The van der Waals surface area contributed by atoms with E-state index in [-0.39, 0.29) is 33.7 Å². The Morgan fingerprint density at radius 1 is 0.723 bits per heavy atom. The zero-order valence-corrected chi connectivity index (χ0v) is 24.1. The minimum absolute atomic E-state index is 0.143. The number of alkyl halides is 3. The van der Waals surface area contributed by atoms with E-state index in [9.17, 15) is 23.7 Å². The van der Waals surface area contributed by atoms with E-state index in [1.807, 2.05) is 49.4 Å². The Morgan fingerprint density at radius 3 is 1.85 bits per heavy atom. The van der Waals surface area contributed by atoms with Gasteiger partial charge in [-0.05, 0) is 64.0 Å². The molecule has 0 aliphatic heterocycles. The molecule has 5 aromatic carbocycles. The van der Waals surface area contributed by atoms with Crippen LogP contribution < -0.4 is 11.1 Å². The Labute approximate surface area is 262 Å². The number of benzene rings is 5. The van der Waals surface area contributed by atoms with Crippen molar-refractivity contribution < 1.29 is 22.0 Å². The van der Waals surface area contributed by atoms with Crippen molar-refractivity contribution in [2.45, 2.75) is 13.1 Å². The summed E-state index contributed by atoms with van der Waals surface area (Å²) in [7, 11) is 0. The van der Waals surface area contributed by atoms with Crippen molar-refractivity contribution in [1.29, 1.82) is 10.5 Å². The number of hydrogen-bond donors (Lipinski definition) is 0. The first kappa shape index (κ1) is 28.8. The summed E-state index contributed by atoms with van der Waals surface area (Å²) < 4.78 is 52.1. The molecule has 0 aliphatic rings. The van der Waals surface area contributed by atoms with Crippen LogP contribution in [0.5, 0.6) is 0 Å². The highest BCUT2D eigenvalue weighted by Gasteiger charge is 2.30. The van der Waals surface area contributed by atoms with E-state index in [4.69, 9.17) is 22.0 Å². The van der Waals surface area contributed by atoms with E-state index in [0.29, 0.717) is 49.3 Å². The Balaban J connectivity index is 1.70. The van der Waals surface area contributed by atoms with Crippen molar-refractivity contribution in [2.75, 3.05) is 0 Å². The molecule has 47 heavy (non-hydrogen) atoms. The van der Waals surface area contributed by atoms with Crippen LogP contribution in [0.15, 0.2) is 81.6 Å². The molecule has 11 heteroatoms. The molecule has 0 N–H and O–H groups in total. The summed E-state index contributed by atoms with van der Waals surface area (Å²) >= 11 is 0. The summed E-state index contributed by atoms with van der Waals surface area (Å²) in [6.45, 7) is 16.8. The SMILES string of the molecule is [C-]#[N+]/C(C#N)=c1\nc2c(-c3ccc(C)cc3)c3ccc4c(-c5ccc(C(F)(F)F)cc5)cc5o/c(=C(\C#N)[N+]#[C-])nc5c4c3cc2o1. The summed E-state index contributed by atoms with van der Waals surface area (Å²) in [4.78, 5) is 15.6. The van der Waals surface area contributed by atoms with Crippen LogP contribution in [0, 0.1) is 42.7 Å². The van der Waals surface area contributed by atoms with E-state index in [1.54, 1.807) is 18.2 Å². The molecule has 8 nitrogen and oxygen atoms in total. The fourth-order valence-electron chi connectivity index (χ4n) is 5.69. The zero-order chi connectivity index (χ0) is 33.0. The molecule has 2 aromatic heterocycles. The number of nitriles is 2. The number of hydrogen-bond acceptors (Lipinski definition) is 6. The lowest BCUT2D eigenvalue weighted by Crippen LogP contribution is -2.04. The second-order valence-electron chi connectivity index (χ2n) is 10.6. The van der Waals surface area contributed by atoms with Gasteiger partial charge < -0.3 is 8.83 Å². The molecule has 0 atom stereocenters. The number of halogens is 3. The summed E-state index contributed by atoms with van der Waals surface area (Å²) in [5.41, 5.74) is 2.79. The van der Waals surface area contributed by atoms with Gasteiger partial charge in [-0.25, -0.2) is 30.2 Å². The van der Waals surface area contributed by atoms with Gasteiger partial charge in [-0.2, -0.15) is 13.2 Å². The average Bonchev–Trinajstić information content (AvgIpc) is 3.69. The molecule has 2 heterocycles. The second-order valence-corrected chi connectivity index (χ2v) is 10.6. The first-order valence-corrected chi connectivity index (χ1v) is 13.8. The van der Waals surface area contributed by atoms with Crippen LogP contribution in [0.4, 0.5) is 13.2 Å². The highest BCUT2D eigenvalue weighted by Crippen LogP contribution is 2.43. The Morgan fingerprint density at radius 2 is 1.28 bits per heavy atom. The molecule has 0 radical (unpaired) electrons. The maximum absolute atomic E-state index is 13.4. The second kappa shape index (κ2) is 10.6. The van der Waals surface area contributed by atoms with Crippen molar-refractivity contribution >= 4 is 55.1 Å². The van der Waals surface area contributed by atoms with Gasteiger partial charge in [-0.3, -0.25) is 0 Å². The quantitative estimate of drug-likeness (QED) is 0.143. The predicted octanol–water partition coefficient (Wildman–Crippen LogP) is 8.04. The summed E-state index contributed by atoms with van der Waals surface area (Å²) in [6.07, 6.45) is -4.52. The molecule has 0 saturated carbocycles. The van der Waals surface area contributed by atoms with Gasteiger partial charge >= 0.3 is 17.6 Å². The van der Waals surface area contributed by atoms with Gasteiger partial charge in [0.2, 0.25) is 11.1 Å². The monoisotopic (exact) mass is 620 g/mol. The Hall–Kier alpha value is -6.95. The summed E-state index contributed by atoms with van der Waals surface area (Å²) in [6, 6.07) is 23.0. The predicted molar refractivity (Wildman–Crippen MR) is 168 cm³/mol. The third-order valence-electron chi connectivity index (χ3n) is 7.84. The van der Waals surface area contributed by atoms with Crippen LogP contribution in [0.2, 0.25) is 0 Å². The van der Waals surface area contributed by atoms with Crippen molar-refractivity contribution in [3.8, 4) is 34.4 Å². The minimum Gasteiger partial charge on any atom is -0.446 e. The number of nitrogens with zero attached hydrogens (tertiary/aromatic N) is 6. The molecule has 0 amide bonds.